The monoisotopic (exact) mass is 410 g/mol. The van der Waals surface area contributed by atoms with Gasteiger partial charge in [0.1, 0.15) is 6.04 Å². The second-order valence-electron chi connectivity index (χ2n) is 7.31. The largest absolute Gasteiger partial charge is 0.480 e. The van der Waals surface area contributed by atoms with Crippen molar-refractivity contribution >= 4 is 17.8 Å². The second kappa shape index (κ2) is 8.25. The SMILES string of the molecule is O=C(NCC(=O)N1CC2(CC1C(=O)O)OCCO2)c1ccc(-c2ccccc2)cc1. The molecule has 1 unspecified atom stereocenters. The molecule has 4 rings (SSSR count). The number of carboxylic acids is 1. The van der Waals surface area contributed by atoms with Crippen LogP contribution in [-0.4, -0.2) is 65.9 Å². The topological polar surface area (TPSA) is 105 Å². The molecule has 0 aromatic heterocycles. The molecule has 2 amide bonds. The second-order valence-corrected chi connectivity index (χ2v) is 7.31. The number of benzene rings is 2. The van der Waals surface area contributed by atoms with Crippen LogP contribution in [0.2, 0.25) is 0 Å². The predicted octanol–water partition coefficient (Wildman–Crippen LogP) is 1.51. The first kappa shape index (κ1) is 20.1. The first-order valence-corrected chi connectivity index (χ1v) is 9.71. The van der Waals surface area contributed by atoms with Gasteiger partial charge in [-0.2, -0.15) is 0 Å². The Bertz CT molecular complexity index is 938. The van der Waals surface area contributed by atoms with E-state index >= 15 is 0 Å². The first-order chi connectivity index (χ1) is 14.5. The van der Waals surface area contributed by atoms with Crippen LogP contribution in [0.25, 0.3) is 11.1 Å². The Labute approximate surface area is 173 Å². The number of carboxylic acid groups (broad SMARTS) is 1. The molecule has 8 heteroatoms. The van der Waals surface area contributed by atoms with E-state index in [0.717, 1.165) is 11.1 Å². The number of ether oxygens (including phenoxy) is 2. The smallest absolute Gasteiger partial charge is 0.326 e. The van der Waals surface area contributed by atoms with Crippen molar-refractivity contribution in [1.82, 2.24) is 10.2 Å². The lowest BCUT2D eigenvalue weighted by molar-refractivity contribution is -0.152. The lowest BCUT2D eigenvalue weighted by Gasteiger charge is -2.23. The third-order valence-corrected chi connectivity index (χ3v) is 5.37. The van der Waals surface area contributed by atoms with Crippen LogP contribution in [0.15, 0.2) is 54.6 Å². The van der Waals surface area contributed by atoms with E-state index in [0.29, 0.717) is 18.8 Å². The van der Waals surface area contributed by atoms with Gasteiger partial charge in [0.15, 0.2) is 5.79 Å². The predicted molar refractivity (Wildman–Crippen MR) is 107 cm³/mol. The van der Waals surface area contributed by atoms with E-state index in [1.54, 1.807) is 12.1 Å². The van der Waals surface area contributed by atoms with Crippen LogP contribution in [0.5, 0.6) is 0 Å². The van der Waals surface area contributed by atoms with Gasteiger partial charge in [0.2, 0.25) is 5.91 Å². The summed E-state index contributed by atoms with van der Waals surface area (Å²) >= 11 is 0. The molecular weight excluding hydrogens is 388 g/mol. The van der Waals surface area contributed by atoms with Gasteiger partial charge in [-0.15, -0.1) is 0 Å². The third kappa shape index (κ3) is 4.05. The molecule has 2 aliphatic heterocycles. The van der Waals surface area contributed by atoms with Gasteiger partial charge in [-0.25, -0.2) is 4.79 Å². The van der Waals surface area contributed by atoms with Crippen molar-refractivity contribution in [3.63, 3.8) is 0 Å². The highest BCUT2D eigenvalue weighted by Crippen LogP contribution is 2.34. The highest BCUT2D eigenvalue weighted by molar-refractivity contribution is 5.97. The molecule has 2 fully saturated rings. The maximum atomic E-state index is 12.6. The van der Waals surface area contributed by atoms with Crippen molar-refractivity contribution < 1.29 is 29.0 Å². The van der Waals surface area contributed by atoms with Crippen LogP contribution in [0.1, 0.15) is 16.8 Å². The zero-order chi connectivity index (χ0) is 21.1. The van der Waals surface area contributed by atoms with Gasteiger partial charge in [0.05, 0.1) is 26.3 Å². The summed E-state index contributed by atoms with van der Waals surface area (Å²) in [7, 11) is 0. The number of carbonyl (C=O) groups excluding carboxylic acids is 2. The molecule has 1 spiro atoms. The van der Waals surface area contributed by atoms with E-state index in [1.807, 2.05) is 42.5 Å². The minimum atomic E-state index is -1.12. The number of likely N-dealkylation sites (tertiary alicyclic amines) is 1. The normalized spacial score (nSPS) is 19.7. The van der Waals surface area contributed by atoms with Crippen molar-refractivity contribution in [1.29, 1.82) is 0 Å². The number of rotatable bonds is 5. The number of amides is 2. The average molecular weight is 410 g/mol. The van der Waals surface area contributed by atoms with Gasteiger partial charge >= 0.3 is 5.97 Å². The highest BCUT2D eigenvalue weighted by Gasteiger charge is 2.52. The zero-order valence-electron chi connectivity index (χ0n) is 16.2. The molecule has 0 radical (unpaired) electrons. The fourth-order valence-corrected chi connectivity index (χ4v) is 3.83. The quantitative estimate of drug-likeness (QED) is 0.774. The number of nitrogens with zero attached hydrogens (tertiary/aromatic N) is 1. The van der Waals surface area contributed by atoms with E-state index in [2.05, 4.69) is 5.32 Å². The Kier molecular flexibility index (Phi) is 5.52. The molecule has 2 aromatic carbocycles. The third-order valence-electron chi connectivity index (χ3n) is 5.37. The molecule has 2 aliphatic rings. The van der Waals surface area contributed by atoms with Gasteiger partial charge in [0, 0.05) is 12.0 Å². The lowest BCUT2D eigenvalue weighted by atomic mass is 10.0. The number of hydrogen-bond donors (Lipinski definition) is 2. The molecule has 2 aromatic rings. The molecule has 2 saturated heterocycles. The van der Waals surface area contributed by atoms with Crippen molar-refractivity contribution in [2.75, 3.05) is 26.3 Å². The maximum absolute atomic E-state index is 12.6. The van der Waals surface area contributed by atoms with Crippen molar-refractivity contribution in [3.8, 4) is 11.1 Å². The van der Waals surface area contributed by atoms with Crippen molar-refractivity contribution in [2.45, 2.75) is 18.2 Å². The number of hydrogen-bond acceptors (Lipinski definition) is 5. The summed E-state index contributed by atoms with van der Waals surface area (Å²) < 4.78 is 11.1. The number of nitrogens with one attached hydrogen (secondary N) is 1. The molecule has 2 N–H and O–H groups in total. The van der Waals surface area contributed by atoms with Gasteiger partial charge in [-0.3, -0.25) is 9.59 Å². The summed E-state index contributed by atoms with van der Waals surface area (Å²) in [5, 5.41) is 12.0. The molecule has 0 aliphatic carbocycles. The van der Waals surface area contributed by atoms with E-state index in [4.69, 9.17) is 9.47 Å². The zero-order valence-corrected chi connectivity index (χ0v) is 16.2. The minimum absolute atomic E-state index is 0.0322. The van der Waals surface area contributed by atoms with Crippen LogP contribution in [0.4, 0.5) is 0 Å². The molecular formula is C22H22N2O6. The van der Waals surface area contributed by atoms with Gasteiger partial charge in [0.25, 0.3) is 5.91 Å². The van der Waals surface area contributed by atoms with Gasteiger partial charge < -0.3 is 24.8 Å². The van der Waals surface area contributed by atoms with Crippen molar-refractivity contribution in [2.24, 2.45) is 0 Å². The number of carbonyl (C=O) groups is 3. The van der Waals surface area contributed by atoms with Crippen molar-refractivity contribution in [3.05, 3.63) is 60.2 Å². The molecule has 156 valence electrons. The minimum Gasteiger partial charge on any atom is -0.480 e. The Hall–Kier alpha value is -3.23. The number of aliphatic carboxylic acids is 1. The first-order valence-electron chi connectivity index (χ1n) is 9.71. The van der Waals surface area contributed by atoms with Crippen LogP contribution >= 0.6 is 0 Å². The van der Waals surface area contributed by atoms with Crippen LogP contribution < -0.4 is 5.32 Å². The summed E-state index contributed by atoms with van der Waals surface area (Å²) in [5.41, 5.74) is 2.43. The maximum Gasteiger partial charge on any atom is 0.326 e. The van der Waals surface area contributed by atoms with Crippen LogP contribution in [0, 0.1) is 0 Å². The Morgan fingerprint density at radius 2 is 1.63 bits per heavy atom. The average Bonchev–Trinajstić information content (AvgIpc) is 3.40. The Morgan fingerprint density at radius 1 is 1.00 bits per heavy atom. The summed E-state index contributed by atoms with van der Waals surface area (Å²) in [5.74, 6) is -3.08. The highest BCUT2D eigenvalue weighted by atomic mass is 16.7. The lowest BCUT2D eigenvalue weighted by Crippen LogP contribution is -2.46. The Morgan fingerprint density at radius 3 is 2.27 bits per heavy atom. The fraction of sp³-hybridized carbons (Fsp3) is 0.318. The molecule has 1 atom stereocenters. The van der Waals surface area contributed by atoms with Crippen LogP contribution in [0.3, 0.4) is 0 Å². The summed E-state index contributed by atoms with van der Waals surface area (Å²) in [4.78, 5) is 37.8. The fourth-order valence-electron chi connectivity index (χ4n) is 3.83. The summed E-state index contributed by atoms with van der Waals surface area (Å²) in [6, 6.07) is 15.8. The van der Waals surface area contributed by atoms with E-state index in [-0.39, 0.29) is 19.5 Å². The van der Waals surface area contributed by atoms with E-state index in [9.17, 15) is 19.5 Å². The Balaban J connectivity index is 1.37. The van der Waals surface area contributed by atoms with Gasteiger partial charge in [-0.05, 0) is 23.3 Å². The summed E-state index contributed by atoms with van der Waals surface area (Å²) in [6.45, 7) is 0.456. The molecule has 0 bridgehead atoms. The van der Waals surface area contributed by atoms with E-state index < -0.39 is 29.6 Å². The van der Waals surface area contributed by atoms with Gasteiger partial charge in [-0.1, -0.05) is 42.5 Å². The molecule has 30 heavy (non-hydrogen) atoms. The molecule has 0 saturated carbocycles. The van der Waals surface area contributed by atoms with Crippen LogP contribution in [-0.2, 0) is 19.1 Å². The standard InChI is InChI=1S/C22H22N2O6/c25-19(24-14-22(29-10-11-30-22)12-18(24)21(27)28)13-23-20(26)17-8-6-16(7-9-17)15-4-2-1-3-5-15/h1-9,18H,10-14H2,(H,23,26)(H,27,28). The molecule has 2 heterocycles. The van der Waals surface area contributed by atoms with E-state index in [1.165, 1.54) is 4.90 Å². The molecule has 8 nitrogen and oxygen atoms in total. The summed E-state index contributed by atoms with van der Waals surface area (Å²) in [6.07, 6.45) is 0.0724.